The van der Waals surface area contributed by atoms with Crippen molar-refractivity contribution in [2.45, 2.75) is 51.2 Å². The summed E-state index contributed by atoms with van der Waals surface area (Å²) in [5.41, 5.74) is 0.388. The minimum Gasteiger partial charge on any atom is -0.480 e. The molecule has 0 aliphatic heterocycles. The molecule has 2 amide bonds. The molecule has 10 nitrogen and oxygen atoms in total. The smallest absolute Gasteiger partial charge is 0.329 e. The van der Waals surface area contributed by atoms with Crippen LogP contribution in [0, 0.1) is 5.92 Å². The standard InChI is InChI=1S/C32H34N4O6/c1-20(2)17-25(28(37)34-26(31(40)41)18-21-11-5-3-6-12-21)33-29(38)27(19-22-13-7-4-8-14-22)36-30(39)23-15-9-10-16-24(23)35-32(36)42/h3-16,20,25-27H,17-19H2,1-2H3,(H,33,38)(H,34,37)(H,35,42)(H,40,41)/t25-,26-,27-/m0/s1. The average Bonchev–Trinajstić information content (AvgIpc) is 2.96. The first-order valence-electron chi connectivity index (χ1n) is 13.8. The number of carboxylic acids is 1. The van der Waals surface area contributed by atoms with E-state index in [1.54, 1.807) is 72.8 Å². The fourth-order valence-corrected chi connectivity index (χ4v) is 4.89. The second-order valence-electron chi connectivity index (χ2n) is 10.6. The summed E-state index contributed by atoms with van der Waals surface area (Å²) in [6.07, 6.45) is 0.273. The van der Waals surface area contributed by atoms with Crippen molar-refractivity contribution in [3.63, 3.8) is 0 Å². The van der Waals surface area contributed by atoms with Gasteiger partial charge in [0.1, 0.15) is 18.1 Å². The van der Waals surface area contributed by atoms with Crippen molar-refractivity contribution >= 4 is 28.7 Å². The third-order valence-corrected chi connectivity index (χ3v) is 6.96. The molecule has 4 aromatic rings. The lowest BCUT2D eigenvalue weighted by Gasteiger charge is -2.26. The quantitative estimate of drug-likeness (QED) is 0.206. The number of fused-ring (bicyclic) bond motifs is 1. The molecule has 0 aliphatic carbocycles. The third-order valence-electron chi connectivity index (χ3n) is 6.96. The number of para-hydroxylation sites is 1. The van der Waals surface area contributed by atoms with E-state index in [2.05, 4.69) is 15.6 Å². The molecule has 0 bridgehead atoms. The van der Waals surface area contributed by atoms with Crippen LogP contribution in [0.25, 0.3) is 10.9 Å². The van der Waals surface area contributed by atoms with Gasteiger partial charge in [0.2, 0.25) is 11.8 Å². The van der Waals surface area contributed by atoms with E-state index in [0.29, 0.717) is 11.1 Å². The highest BCUT2D eigenvalue weighted by Gasteiger charge is 2.32. The highest BCUT2D eigenvalue weighted by molar-refractivity contribution is 5.91. The van der Waals surface area contributed by atoms with Gasteiger partial charge < -0.3 is 20.7 Å². The number of amides is 2. The number of aromatic amines is 1. The zero-order chi connectivity index (χ0) is 30.2. The number of nitrogens with zero attached hydrogens (tertiary/aromatic N) is 1. The molecule has 1 heterocycles. The number of benzene rings is 3. The largest absolute Gasteiger partial charge is 0.480 e. The van der Waals surface area contributed by atoms with Gasteiger partial charge in [-0.2, -0.15) is 0 Å². The highest BCUT2D eigenvalue weighted by Crippen LogP contribution is 2.16. The number of hydrogen-bond donors (Lipinski definition) is 4. The van der Waals surface area contributed by atoms with Crippen LogP contribution in [0.5, 0.6) is 0 Å². The topological polar surface area (TPSA) is 150 Å². The molecule has 0 spiro atoms. The van der Waals surface area contributed by atoms with E-state index < -0.39 is 47.2 Å². The number of aromatic nitrogens is 2. The zero-order valence-electron chi connectivity index (χ0n) is 23.4. The Kier molecular flexibility index (Phi) is 9.69. The Morgan fingerprint density at radius 3 is 1.90 bits per heavy atom. The maximum atomic E-state index is 13.9. The number of carbonyl (C=O) groups is 3. The van der Waals surface area contributed by atoms with Crippen molar-refractivity contribution in [1.82, 2.24) is 20.2 Å². The van der Waals surface area contributed by atoms with Crippen LogP contribution < -0.4 is 21.9 Å². The maximum Gasteiger partial charge on any atom is 0.329 e. The Morgan fingerprint density at radius 1 is 0.762 bits per heavy atom. The van der Waals surface area contributed by atoms with Crippen molar-refractivity contribution in [1.29, 1.82) is 0 Å². The number of rotatable bonds is 12. The lowest BCUT2D eigenvalue weighted by Crippen LogP contribution is -2.55. The van der Waals surface area contributed by atoms with Crippen LogP contribution in [0.4, 0.5) is 0 Å². The summed E-state index contributed by atoms with van der Waals surface area (Å²) in [6, 6.07) is 20.7. The van der Waals surface area contributed by atoms with E-state index >= 15 is 0 Å². The van der Waals surface area contributed by atoms with E-state index in [0.717, 1.165) is 10.1 Å². The van der Waals surface area contributed by atoms with Crippen molar-refractivity contribution in [3.05, 3.63) is 117 Å². The number of H-pyrrole nitrogens is 1. The van der Waals surface area contributed by atoms with Gasteiger partial charge in [0.15, 0.2) is 0 Å². The van der Waals surface area contributed by atoms with Gasteiger partial charge in [-0.25, -0.2) is 14.2 Å². The van der Waals surface area contributed by atoms with Gasteiger partial charge in [-0.05, 0) is 35.6 Å². The first kappa shape index (κ1) is 30.0. The summed E-state index contributed by atoms with van der Waals surface area (Å²) < 4.78 is 0.879. The van der Waals surface area contributed by atoms with Crippen molar-refractivity contribution in [2.75, 3.05) is 0 Å². The fourth-order valence-electron chi connectivity index (χ4n) is 4.89. The van der Waals surface area contributed by atoms with Gasteiger partial charge in [0, 0.05) is 12.8 Å². The molecular weight excluding hydrogens is 536 g/mol. The fraction of sp³-hybridized carbons (Fsp3) is 0.281. The lowest BCUT2D eigenvalue weighted by molar-refractivity contribution is -0.142. The molecule has 0 radical (unpaired) electrons. The van der Waals surface area contributed by atoms with Crippen LogP contribution in [0.2, 0.25) is 0 Å². The van der Waals surface area contributed by atoms with E-state index in [4.69, 9.17) is 0 Å². The Bertz CT molecular complexity index is 1660. The van der Waals surface area contributed by atoms with Crippen LogP contribution in [0.1, 0.15) is 37.4 Å². The normalized spacial score (nSPS) is 13.3. The van der Waals surface area contributed by atoms with Crippen molar-refractivity contribution in [3.8, 4) is 0 Å². The molecule has 4 N–H and O–H groups in total. The molecule has 4 rings (SSSR count). The number of hydrogen-bond acceptors (Lipinski definition) is 5. The Balaban J connectivity index is 1.66. The molecule has 0 saturated heterocycles. The number of nitrogens with one attached hydrogen (secondary N) is 3. The Morgan fingerprint density at radius 2 is 1.31 bits per heavy atom. The highest BCUT2D eigenvalue weighted by atomic mass is 16.4. The molecule has 3 atom stereocenters. The molecule has 0 unspecified atom stereocenters. The Labute approximate surface area is 242 Å². The summed E-state index contributed by atoms with van der Waals surface area (Å²) in [7, 11) is 0. The molecule has 218 valence electrons. The summed E-state index contributed by atoms with van der Waals surface area (Å²) in [5.74, 6) is -2.63. The second kappa shape index (κ2) is 13.6. The zero-order valence-corrected chi connectivity index (χ0v) is 23.4. The third kappa shape index (κ3) is 7.39. The first-order chi connectivity index (χ1) is 20.1. The van der Waals surface area contributed by atoms with Crippen molar-refractivity contribution in [2.24, 2.45) is 5.92 Å². The second-order valence-corrected chi connectivity index (χ2v) is 10.6. The van der Waals surface area contributed by atoms with Crippen molar-refractivity contribution < 1.29 is 19.5 Å². The molecule has 0 fully saturated rings. The van der Waals surface area contributed by atoms with Gasteiger partial charge in [0.25, 0.3) is 5.56 Å². The SMILES string of the molecule is CC(C)C[C@H](NC(=O)[C@H](Cc1ccccc1)n1c(=O)[nH]c2ccccc2c1=O)C(=O)N[C@@H](Cc1ccccc1)C(=O)O. The van der Waals surface area contributed by atoms with Crippen LogP contribution in [-0.2, 0) is 27.2 Å². The van der Waals surface area contributed by atoms with E-state index in [-0.39, 0.29) is 30.6 Å². The number of carboxylic acid groups (broad SMARTS) is 1. The summed E-state index contributed by atoms with van der Waals surface area (Å²) in [5, 5.41) is 15.3. The molecule has 10 heteroatoms. The monoisotopic (exact) mass is 570 g/mol. The van der Waals surface area contributed by atoms with E-state index in [1.165, 1.54) is 0 Å². The van der Waals surface area contributed by atoms with Crippen LogP contribution >= 0.6 is 0 Å². The van der Waals surface area contributed by atoms with Gasteiger partial charge in [-0.15, -0.1) is 0 Å². The summed E-state index contributed by atoms with van der Waals surface area (Å²) >= 11 is 0. The molecule has 42 heavy (non-hydrogen) atoms. The first-order valence-corrected chi connectivity index (χ1v) is 13.8. The van der Waals surface area contributed by atoms with Gasteiger partial charge >= 0.3 is 11.7 Å². The van der Waals surface area contributed by atoms with Gasteiger partial charge in [0.05, 0.1) is 10.9 Å². The van der Waals surface area contributed by atoms with E-state index in [1.807, 2.05) is 26.0 Å². The van der Waals surface area contributed by atoms with Gasteiger partial charge in [-0.1, -0.05) is 86.6 Å². The minimum atomic E-state index is -1.28. The van der Waals surface area contributed by atoms with E-state index in [9.17, 15) is 29.1 Å². The maximum absolute atomic E-state index is 13.9. The lowest BCUT2D eigenvalue weighted by atomic mass is 10.00. The molecule has 3 aromatic carbocycles. The number of carbonyl (C=O) groups excluding carboxylic acids is 2. The Hall–Kier alpha value is -4.99. The van der Waals surface area contributed by atoms with Crippen LogP contribution in [0.15, 0.2) is 94.5 Å². The summed E-state index contributed by atoms with van der Waals surface area (Å²) in [6.45, 7) is 3.73. The molecule has 0 saturated carbocycles. The van der Waals surface area contributed by atoms with Crippen LogP contribution in [-0.4, -0.2) is 44.5 Å². The average molecular weight is 571 g/mol. The predicted octanol–water partition coefficient (Wildman–Crippen LogP) is 2.82. The molecular formula is C32H34N4O6. The van der Waals surface area contributed by atoms with Crippen LogP contribution in [0.3, 0.4) is 0 Å². The van der Waals surface area contributed by atoms with Gasteiger partial charge in [-0.3, -0.25) is 14.4 Å². The summed E-state index contributed by atoms with van der Waals surface area (Å²) in [4.78, 5) is 68.6. The number of aliphatic carboxylic acids is 1. The molecule has 1 aromatic heterocycles. The molecule has 0 aliphatic rings. The predicted molar refractivity (Wildman–Crippen MR) is 159 cm³/mol. The minimum absolute atomic E-state index is 0.00970.